The molecule has 1 amide bonds. The molecule has 0 unspecified atom stereocenters. The van der Waals surface area contributed by atoms with Crippen LogP contribution in [0.1, 0.15) is 24.8 Å². The first-order chi connectivity index (χ1) is 14.1. The minimum Gasteiger partial charge on any atom is -0.378 e. The maximum Gasteiger partial charge on any atom is 0.229 e. The van der Waals surface area contributed by atoms with Gasteiger partial charge in [0.2, 0.25) is 5.91 Å². The van der Waals surface area contributed by atoms with Crippen LogP contribution in [0.15, 0.2) is 48.5 Å². The van der Waals surface area contributed by atoms with Crippen molar-refractivity contribution in [3.8, 4) is 0 Å². The molecule has 1 fully saturated rings. The van der Waals surface area contributed by atoms with E-state index in [0.29, 0.717) is 13.0 Å². The zero-order chi connectivity index (χ0) is 20.2. The zero-order valence-corrected chi connectivity index (χ0v) is 17.8. The normalized spacial score (nSPS) is 16.3. The van der Waals surface area contributed by atoms with Gasteiger partial charge in [0, 0.05) is 32.8 Å². The number of hydrogen-bond acceptors (Lipinski definition) is 5. The molecule has 1 aliphatic heterocycles. The maximum atomic E-state index is 13.2. The Morgan fingerprint density at radius 3 is 2.66 bits per heavy atom. The number of fused-ring (bicyclic) bond motifs is 1. The predicted octanol–water partition coefficient (Wildman–Crippen LogP) is 4.51. The summed E-state index contributed by atoms with van der Waals surface area (Å²) in [6.45, 7) is 1.36. The summed E-state index contributed by atoms with van der Waals surface area (Å²) in [5.74, 6) is 0.108. The minimum absolute atomic E-state index is 0.102. The van der Waals surface area contributed by atoms with Crippen LogP contribution in [0.2, 0.25) is 0 Å². The van der Waals surface area contributed by atoms with E-state index >= 15 is 0 Å². The number of hydrogen-bond donors (Lipinski definition) is 0. The standard InChI is InChI=1S/C23H27N3O2S/c1-25(2)18-12-9-17(10-13-18)11-14-22(27)26(16-19-6-5-15-28-19)23-24-20-7-3-4-8-21(20)29-23/h3-4,7-10,12-13,19H,5-6,11,14-16H2,1-2H3/t19-/m0/s1. The first-order valence-corrected chi connectivity index (χ1v) is 11.0. The van der Waals surface area contributed by atoms with Crippen LogP contribution in [0, 0.1) is 0 Å². The topological polar surface area (TPSA) is 45.7 Å². The van der Waals surface area contributed by atoms with Gasteiger partial charge in [-0.05, 0) is 49.1 Å². The molecule has 29 heavy (non-hydrogen) atoms. The number of anilines is 2. The first kappa shape index (κ1) is 19.9. The zero-order valence-electron chi connectivity index (χ0n) is 17.0. The number of ether oxygens (including phenoxy) is 1. The van der Waals surface area contributed by atoms with E-state index in [0.717, 1.165) is 46.9 Å². The number of carbonyl (C=O) groups is 1. The Bertz CT molecular complexity index is 929. The Kier molecular flexibility index (Phi) is 6.11. The number of carbonyl (C=O) groups excluding carboxylic acids is 1. The van der Waals surface area contributed by atoms with Crippen molar-refractivity contribution in [2.45, 2.75) is 31.8 Å². The summed E-state index contributed by atoms with van der Waals surface area (Å²) >= 11 is 1.58. The summed E-state index contributed by atoms with van der Waals surface area (Å²) in [5.41, 5.74) is 3.27. The van der Waals surface area contributed by atoms with Crippen molar-refractivity contribution in [2.24, 2.45) is 0 Å². The average molecular weight is 410 g/mol. The van der Waals surface area contributed by atoms with Gasteiger partial charge in [-0.1, -0.05) is 35.6 Å². The lowest BCUT2D eigenvalue weighted by atomic mass is 10.1. The second-order valence-corrected chi connectivity index (χ2v) is 8.67. The van der Waals surface area contributed by atoms with E-state index in [4.69, 9.17) is 9.72 Å². The Balaban J connectivity index is 1.49. The number of benzene rings is 2. The van der Waals surface area contributed by atoms with Crippen molar-refractivity contribution in [1.82, 2.24) is 4.98 Å². The van der Waals surface area contributed by atoms with Crippen LogP contribution in [0.3, 0.4) is 0 Å². The van der Waals surface area contributed by atoms with Crippen LogP contribution < -0.4 is 9.80 Å². The van der Waals surface area contributed by atoms with Crippen molar-refractivity contribution >= 4 is 38.3 Å². The highest BCUT2D eigenvalue weighted by Crippen LogP contribution is 2.30. The van der Waals surface area contributed by atoms with Crippen molar-refractivity contribution in [2.75, 3.05) is 37.0 Å². The van der Waals surface area contributed by atoms with Gasteiger partial charge in [0.25, 0.3) is 0 Å². The number of aromatic nitrogens is 1. The van der Waals surface area contributed by atoms with Gasteiger partial charge in [-0.3, -0.25) is 9.69 Å². The summed E-state index contributed by atoms with van der Waals surface area (Å²) in [6, 6.07) is 16.4. The molecule has 1 saturated heterocycles. The third-order valence-electron chi connectivity index (χ3n) is 5.31. The number of para-hydroxylation sites is 1. The van der Waals surface area contributed by atoms with E-state index < -0.39 is 0 Å². The molecule has 0 radical (unpaired) electrons. The molecule has 0 aliphatic carbocycles. The molecule has 4 rings (SSSR count). The second kappa shape index (κ2) is 8.93. The first-order valence-electron chi connectivity index (χ1n) is 10.1. The van der Waals surface area contributed by atoms with Gasteiger partial charge >= 0.3 is 0 Å². The lowest BCUT2D eigenvalue weighted by Crippen LogP contribution is -2.37. The number of rotatable bonds is 7. The molecular formula is C23H27N3O2S. The third-order valence-corrected chi connectivity index (χ3v) is 6.36. The predicted molar refractivity (Wildman–Crippen MR) is 120 cm³/mol. The molecule has 2 aromatic carbocycles. The Labute approximate surface area is 175 Å². The Morgan fingerprint density at radius 2 is 1.97 bits per heavy atom. The van der Waals surface area contributed by atoms with Crippen molar-refractivity contribution in [1.29, 1.82) is 0 Å². The smallest absolute Gasteiger partial charge is 0.229 e. The number of aryl methyl sites for hydroxylation is 1. The lowest BCUT2D eigenvalue weighted by Gasteiger charge is -2.23. The highest BCUT2D eigenvalue weighted by Gasteiger charge is 2.26. The van der Waals surface area contributed by atoms with E-state index in [9.17, 15) is 4.79 Å². The Hall–Kier alpha value is -2.44. The van der Waals surface area contributed by atoms with Crippen LogP contribution in [0.4, 0.5) is 10.8 Å². The molecule has 6 heteroatoms. The van der Waals surface area contributed by atoms with Gasteiger partial charge in [-0.2, -0.15) is 0 Å². The van der Waals surface area contributed by atoms with Crippen LogP contribution >= 0.6 is 11.3 Å². The molecule has 0 N–H and O–H groups in total. The van der Waals surface area contributed by atoms with Crippen LogP contribution in [0.25, 0.3) is 10.2 Å². The van der Waals surface area contributed by atoms with Gasteiger partial charge in [-0.25, -0.2) is 4.98 Å². The summed E-state index contributed by atoms with van der Waals surface area (Å²) < 4.78 is 6.91. The van der Waals surface area contributed by atoms with Crippen LogP contribution in [-0.4, -0.2) is 44.2 Å². The highest BCUT2D eigenvalue weighted by molar-refractivity contribution is 7.22. The molecule has 0 spiro atoms. The Morgan fingerprint density at radius 1 is 1.17 bits per heavy atom. The van der Waals surface area contributed by atoms with Gasteiger partial charge in [0.15, 0.2) is 5.13 Å². The summed E-state index contributed by atoms with van der Waals surface area (Å²) in [4.78, 5) is 21.8. The SMILES string of the molecule is CN(C)c1ccc(CCC(=O)N(C[C@@H]2CCCO2)c2nc3ccccc3s2)cc1. The molecule has 0 bridgehead atoms. The summed E-state index contributed by atoms with van der Waals surface area (Å²) in [5, 5.41) is 0.773. The molecule has 1 atom stereocenters. The van der Waals surface area contributed by atoms with Crippen molar-refractivity contribution in [3.05, 3.63) is 54.1 Å². The van der Waals surface area contributed by atoms with Crippen LogP contribution in [-0.2, 0) is 16.0 Å². The molecule has 1 aromatic heterocycles. The number of amides is 1. The molecule has 3 aromatic rings. The van der Waals surface area contributed by atoms with Gasteiger partial charge in [0.05, 0.1) is 22.9 Å². The summed E-state index contributed by atoms with van der Waals surface area (Å²) in [6.07, 6.45) is 3.35. The monoisotopic (exact) mass is 409 g/mol. The quantitative estimate of drug-likeness (QED) is 0.576. The fourth-order valence-corrected chi connectivity index (χ4v) is 4.59. The number of nitrogens with zero attached hydrogens (tertiary/aromatic N) is 3. The van der Waals surface area contributed by atoms with E-state index in [1.54, 1.807) is 11.3 Å². The fourth-order valence-electron chi connectivity index (χ4n) is 3.60. The summed E-state index contributed by atoms with van der Waals surface area (Å²) in [7, 11) is 4.05. The lowest BCUT2D eigenvalue weighted by molar-refractivity contribution is -0.119. The fraction of sp³-hybridized carbons (Fsp3) is 0.391. The van der Waals surface area contributed by atoms with Crippen molar-refractivity contribution in [3.63, 3.8) is 0 Å². The largest absolute Gasteiger partial charge is 0.378 e. The van der Waals surface area contributed by atoms with Gasteiger partial charge in [0.1, 0.15) is 0 Å². The molecule has 0 saturated carbocycles. The van der Waals surface area contributed by atoms with Crippen molar-refractivity contribution < 1.29 is 9.53 Å². The second-order valence-electron chi connectivity index (χ2n) is 7.66. The van der Waals surface area contributed by atoms with E-state index in [1.807, 2.05) is 37.2 Å². The van der Waals surface area contributed by atoms with E-state index in [2.05, 4.69) is 35.2 Å². The van der Waals surface area contributed by atoms with Gasteiger partial charge in [-0.15, -0.1) is 0 Å². The molecule has 2 heterocycles. The third kappa shape index (κ3) is 4.77. The highest BCUT2D eigenvalue weighted by atomic mass is 32.1. The van der Waals surface area contributed by atoms with Gasteiger partial charge < -0.3 is 9.64 Å². The molecular weight excluding hydrogens is 382 g/mol. The molecule has 5 nitrogen and oxygen atoms in total. The average Bonchev–Trinajstić information content (AvgIpc) is 3.39. The molecule has 1 aliphatic rings. The maximum absolute atomic E-state index is 13.2. The van der Waals surface area contributed by atoms with Crippen LogP contribution in [0.5, 0.6) is 0 Å². The van der Waals surface area contributed by atoms with E-state index in [-0.39, 0.29) is 12.0 Å². The molecule has 152 valence electrons. The van der Waals surface area contributed by atoms with E-state index in [1.165, 1.54) is 5.56 Å². The number of thiazole rings is 1. The minimum atomic E-state index is 0.102.